The van der Waals surface area contributed by atoms with Gasteiger partial charge in [-0.25, -0.2) is 17.2 Å². The standard InChI is InChI=1S/C10H12F2NO4S/c1-10(5-14,6-15)13-18(16,17)9-3-2-7(11)4-8(9)12/h2-4,14-15H,5-6H2,1H3/q-1. The second-order valence-electron chi connectivity index (χ2n) is 3.95. The van der Waals surface area contributed by atoms with Crippen molar-refractivity contribution < 1.29 is 27.4 Å². The molecule has 0 aliphatic heterocycles. The number of rotatable bonds is 5. The summed E-state index contributed by atoms with van der Waals surface area (Å²) in [6.07, 6.45) is 0. The highest BCUT2D eigenvalue weighted by atomic mass is 32.2. The molecule has 0 radical (unpaired) electrons. The van der Waals surface area contributed by atoms with Gasteiger partial charge in [0.15, 0.2) is 0 Å². The first-order valence-corrected chi connectivity index (χ1v) is 6.34. The lowest BCUT2D eigenvalue weighted by molar-refractivity contribution is 0.156. The Morgan fingerprint density at radius 2 is 1.83 bits per heavy atom. The Hall–Kier alpha value is -1.09. The van der Waals surface area contributed by atoms with Crippen molar-refractivity contribution in [3.05, 3.63) is 34.6 Å². The summed E-state index contributed by atoms with van der Waals surface area (Å²) in [5.74, 6) is -2.20. The lowest BCUT2D eigenvalue weighted by atomic mass is 10.1. The quantitative estimate of drug-likeness (QED) is 0.833. The summed E-state index contributed by atoms with van der Waals surface area (Å²) in [5.41, 5.74) is -1.65. The topological polar surface area (TPSA) is 88.7 Å². The van der Waals surface area contributed by atoms with E-state index in [1.165, 1.54) is 6.92 Å². The molecule has 0 fully saturated rings. The van der Waals surface area contributed by atoms with Crippen LogP contribution in [0.15, 0.2) is 23.1 Å². The van der Waals surface area contributed by atoms with E-state index in [2.05, 4.69) is 4.72 Å². The zero-order valence-electron chi connectivity index (χ0n) is 9.47. The van der Waals surface area contributed by atoms with Crippen molar-refractivity contribution in [3.63, 3.8) is 0 Å². The number of halogens is 2. The van der Waals surface area contributed by atoms with Crippen LogP contribution in [0.4, 0.5) is 8.78 Å². The number of nitrogens with zero attached hydrogens (tertiary/aromatic N) is 1. The van der Waals surface area contributed by atoms with E-state index in [1.807, 2.05) is 0 Å². The molecule has 0 unspecified atom stereocenters. The summed E-state index contributed by atoms with van der Waals surface area (Å²) in [6.45, 7) is -0.275. The van der Waals surface area contributed by atoms with Crippen LogP contribution in [-0.2, 0) is 10.0 Å². The van der Waals surface area contributed by atoms with Gasteiger partial charge in [-0.15, -0.1) is 0 Å². The third-order valence-corrected chi connectivity index (χ3v) is 3.76. The largest absolute Gasteiger partial charge is 0.536 e. The number of benzene rings is 1. The van der Waals surface area contributed by atoms with Crippen LogP contribution in [0.25, 0.3) is 4.72 Å². The van der Waals surface area contributed by atoms with Crippen molar-refractivity contribution in [2.45, 2.75) is 17.4 Å². The second-order valence-corrected chi connectivity index (χ2v) is 5.53. The third kappa shape index (κ3) is 3.22. The molecular formula is C10H12F2NO4S-. The van der Waals surface area contributed by atoms with Gasteiger partial charge in [-0.1, -0.05) is 12.5 Å². The number of hydrogen-bond donors (Lipinski definition) is 2. The highest BCUT2D eigenvalue weighted by Crippen LogP contribution is 2.28. The lowest BCUT2D eigenvalue weighted by Gasteiger charge is -2.39. The zero-order valence-corrected chi connectivity index (χ0v) is 10.3. The molecule has 0 aliphatic carbocycles. The van der Waals surface area contributed by atoms with E-state index in [9.17, 15) is 17.2 Å². The highest BCUT2D eigenvalue weighted by Gasteiger charge is 2.20. The van der Waals surface area contributed by atoms with Gasteiger partial charge in [0.05, 0.1) is 4.90 Å². The first-order chi connectivity index (χ1) is 8.24. The predicted octanol–water partition coefficient (Wildman–Crippen LogP) is 0.771. The molecule has 18 heavy (non-hydrogen) atoms. The lowest BCUT2D eigenvalue weighted by Crippen LogP contribution is -2.35. The summed E-state index contributed by atoms with van der Waals surface area (Å²) < 4.78 is 52.7. The van der Waals surface area contributed by atoms with Gasteiger partial charge < -0.3 is 14.9 Å². The van der Waals surface area contributed by atoms with Gasteiger partial charge in [-0.05, 0) is 12.1 Å². The molecule has 8 heteroatoms. The summed E-state index contributed by atoms with van der Waals surface area (Å²) in [7, 11) is -4.43. The van der Waals surface area contributed by atoms with Crippen molar-refractivity contribution >= 4 is 10.0 Å². The van der Waals surface area contributed by atoms with E-state index in [-0.39, 0.29) is 0 Å². The van der Waals surface area contributed by atoms with Crippen LogP contribution in [0.3, 0.4) is 0 Å². The van der Waals surface area contributed by atoms with E-state index in [1.54, 1.807) is 0 Å². The highest BCUT2D eigenvalue weighted by molar-refractivity contribution is 7.94. The molecule has 0 bridgehead atoms. The van der Waals surface area contributed by atoms with Gasteiger partial charge in [0.25, 0.3) is 0 Å². The molecule has 0 amide bonds. The molecule has 5 nitrogen and oxygen atoms in total. The Morgan fingerprint density at radius 1 is 1.28 bits per heavy atom. The molecule has 0 saturated carbocycles. The minimum Gasteiger partial charge on any atom is -0.536 e. The van der Waals surface area contributed by atoms with Crippen molar-refractivity contribution in [2.75, 3.05) is 13.2 Å². The van der Waals surface area contributed by atoms with Crippen LogP contribution >= 0.6 is 0 Å². The number of hydrogen-bond acceptors (Lipinski definition) is 4. The molecule has 1 aromatic rings. The van der Waals surface area contributed by atoms with Gasteiger partial charge in [0.2, 0.25) is 0 Å². The van der Waals surface area contributed by atoms with Crippen LogP contribution in [0.2, 0.25) is 0 Å². The first kappa shape index (κ1) is 15.0. The Kier molecular flexibility index (Phi) is 4.38. The van der Waals surface area contributed by atoms with E-state index in [0.29, 0.717) is 6.07 Å². The van der Waals surface area contributed by atoms with Crippen molar-refractivity contribution in [1.82, 2.24) is 0 Å². The van der Waals surface area contributed by atoms with Gasteiger partial charge in [0.1, 0.15) is 21.7 Å². The van der Waals surface area contributed by atoms with E-state index < -0.39 is 45.3 Å². The van der Waals surface area contributed by atoms with Crippen LogP contribution in [0, 0.1) is 11.6 Å². The molecule has 102 valence electrons. The minimum absolute atomic E-state index is 0.414. The summed E-state index contributed by atoms with van der Waals surface area (Å²) in [6, 6.07) is 1.93. The van der Waals surface area contributed by atoms with Gasteiger partial charge in [-0.2, -0.15) is 0 Å². The summed E-state index contributed by atoms with van der Waals surface area (Å²) in [5, 5.41) is 17.9. The fourth-order valence-electron chi connectivity index (χ4n) is 1.13. The van der Waals surface area contributed by atoms with Crippen molar-refractivity contribution in [2.24, 2.45) is 0 Å². The predicted molar refractivity (Wildman–Crippen MR) is 59.5 cm³/mol. The molecule has 0 heterocycles. The maximum atomic E-state index is 13.3. The molecule has 1 rings (SSSR count). The van der Waals surface area contributed by atoms with Crippen molar-refractivity contribution in [1.29, 1.82) is 0 Å². The molecule has 0 atom stereocenters. The molecule has 0 aromatic heterocycles. The monoisotopic (exact) mass is 280 g/mol. The van der Waals surface area contributed by atoms with E-state index in [4.69, 9.17) is 10.2 Å². The Morgan fingerprint density at radius 3 is 2.28 bits per heavy atom. The molecule has 2 N–H and O–H groups in total. The fraction of sp³-hybridized carbons (Fsp3) is 0.400. The Balaban J connectivity index is 3.15. The first-order valence-electron chi connectivity index (χ1n) is 4.90. The molecule has 1 aromatic carbocycles. The molecular weight excluding hydrogens is 268 g/mol. The van der Waals surface area contributed by atoms with Crippen LogP contribution in [0.1, 0.15) is 6.92 Å². The smallest absolute Gasteiger partial charge is 0.143 e. The average Bonchev–Trinajstić information content (AvgIpc) is 2.27. The van der Waals surface area contributed by atoms with Crippen LogP contribution in [0.5, 0.6) is 0 Å². The maximum Gasteiger partial charge on any atom is 0.143 e. The van der Waals surface area contributed by atoms with Crippen molar-refractivity contribution in [3.8, 4) is 0 Å². The van der Waals surface area contributed by atoms with Crippen LogP contribution in [-0.4, -0.2) is 37.4 Å². The number of aliphatic hydroxyl groups excluding tert-OH is 2. The SMILES string of the molecule is CC(CO)(CO)[N-]S(=O)(=O)c1ccc(F)cc1F. The zero-order chi connectivity index (χ0) is 14.0. The summed E-state index contributed by atoms with van der Waals surface area (Å²) >= 11 is 0. The van der Waals surface area contributed by atoms with E-state index in [0.717, 1.165) is 12.1 Å². The molecule has 0 spiro atoms. The van der Waals surface area contributed by atoms with Crippen LogP contribution < -0.4 is 0 Å². The summed E-state index contributed by atoms with van der Waals surface area (Å²) in [4.78, 5) is -0.808. The molecule has 0 saturated heterocycles. The third-order valence-electron chi connectivity index (χ3n) is 2.19. The average molecular weight is 280 g/mol. The number of sulfonamides is 1. The Bertz CT molecular complexity index is 529. The Labute approximate surface area is 103 Å². The molecule has 0 aliphatic rings. The minimum atomic E-state index is -4.43. The van der Waals surface area contributed by atoms with Gasteiger partial charge in [0, 0.05) is 19.3 Å². The second kappa shape index (κ2) is 5.27. The van der Waals surface area contributed by atoms with Gasteiger partial charge in [-0.3, -0.25) is 0 Å². The maximum absolute atomic E-state index is 13.3. The fourth-order valence-corrected chi connectivity index (χ4v) is 2.47. The number of aliphatic hydroxyl groups is 2. The van der Waals surface area contributed by atoms with E-state index >= 15 is 0 Å². The van der Waals surface area contributed by atoms with Gasteiger partial charge >= 0.3 is 0 Å². The normalized spacial score (nSPS) is 12.7.